The summed E-state index contributed by atoms with van der Waals surface area (Å²) in [6.07, 6.45) is -0.581. The molecule has 2 aromatic heterocycles. The zero-order valence-electron chi connectivity index (χ0n) is 19.4. The molecule has 1 fully saturated rings. The van der Waals surface area contributed by atoms with Crippen molar-refractivity contribution in [3.8, 4) is 11.3 Å². The minimum Gasteiger partial charge on any atom is -0.444 e. The molecule has 190 valence electrons. The van der Waals surface area contributed by atoms with Crippen LogP contribution in [0.5, 0.6) is 0 Å². The molecule has 2 aromatic carbocycles. The predicted molar refractivity (Wildman–Crippen MR) is 131 cm³/mol. The van der Waals surface area contributed by atoms with Crippen LogP contribution in [0.2, 0.25) is 0 Å². The molecule has 0 spiro atoms. The number of aromatic nitrogens is 2. The summed E-state index contributed by atoms with van der Waals surface area (Å²) >= 11 is 1.36. The van der Waals surface area contributed by atoms with Gasteiger partial charge < -0.3 is 14.6 Å². The van der Waals surface area contributed by atoms with Crippen LogP contribution in [0.4, 0.5) is 18.9 Å². The van der Waals surface area contributed by atoms with Gasteiger partial charge in [0.05, 0.1) is 22.3 Å². The van der Waals surface area contributed by atoms with Crippen molar-refractivity contribution in [2.45, 2.75) is 24.9 Å². The Morgan fingerprint density at radius 2 is 1.86 bits per heavy atom. The van der Waals surface area contributed by atoms with Gasteiger partial charge in [-0.2, -0.15) is 13.2 Å². The largest absolute Gasteiger partial charge is 0.444 e. The highest BCUT2D eigenvalue weighted by Crippen LogP contribution is 2.35. The van der Waals surface area contributed by atoms with Crippen LogP contribution in [0, 0.1) is 0 Å². The average Bonchev–Trinajstić information content (AvgIpc) is 3.61. The number of anilines is 1. The lowest BCUT2D eigenvalue weighted by atomic mass is 9.96. The van der Waals surface area contributed by atoms with Gasteiger partial charge in [0.1, 0.15) is 5.69 Å². The fraction of sp³-hybridized carbons (Fsp3) is 0.231. The maximum atomic E-state index is 13.3. The highest BCUT2D eigenvalue weighted by atomic mass is 32.1. The van der Waals surface area contributed by atoms with E-state index in [4.69, 9.17) is 4.42 Å². The van der Waals surface area contributed by atoms with E-state index in [1.807, 2.05) is 6.07 Å². The molecule has 0 unspecified atom stereocenters. The van der Waals surface area contributed by atoms with Gasteiger partial charge in [-0.3, -0.25) is 9.59 Å². The number of nitrogens with zero attached hydrogens (tertiary/aromatic N) is 3. The van der Waals surface area contributed by atoms with Crippen LogP contribution in [-0.2, 0) is 6.18 Å². The first-order chi connectivity index (χ1) is 17.8. The summed E-state index contributed by atoms with van der Waals surface area (Å²) in [5.41, 5.74) is 0.369. The number of thiazole rings is 1. The number of hydrogen-bond donors (Lipinski definition) is 1. The number of oxazole rings is 1. The third kappa shape index (κ3) is 5.41. The number of nitrogens with one attached hydrogen (secondary N) is 1. The normalized spacial score (nSPS) is 14.5. The van der Waals surface area contributed by atoms with Gasteiger partial charge >= 0.3 is 6.18 Å². The van der Waals surface area contributed by atoms with Crippen molar-refractivity contribution >= 4 is 28.8 Å². The molecule has 5 rings (SSSR count). The van der Waals surface area contributed by atoms with Crippen LogP contribution in [-0.4, -0.2) is 39.8 Å². The second-order valence-electron chi connectivity index (χ2n) is 8.58. The number of carbonyl (C=O) groups excluding carboxylic acids is 2. The topological polar surface area (TPSA) is 88.3 Å². The minimum atomic E-state index is -4.60. The van der Waals surface area contributed by atoms with Gasteiger partial charge in [0.2, 0.25) is 0 Å². The highest BCUT2D eigenvalue weighted by molar-refractivity contribution is 7.10. The second-order valence-corrected chi connectivity index (χ2v) is 9.47. The molecule has 3 heterocycles. The van der Waals surface area contributed by atoms with E-state index in [9.17, 15) is 22.8 Å². The van der Waals surface area contributed by atoms with E-state index < -0.39 is 17.6 Å². The van der Waals surface area contributed by atoms with Crippen LogP contribution < -0.4 is 5.32 Å². The third-order valence-corrected chi connectivity index (χ3v) is 7.19. The van der Waals surface area contributed by atoms with Gasteiger partial charge in [-0.25, -0.2) is 9.97 Å². The molecule has 0 saturated carbocycles. The van der Waals surface area contributed by atoms with Gasteiger partial charge in [-0.05, 0) is 37.1 Å². The van der Waals surface area contributed by atoms with E-state index in [1.165, 1.54) is 40.8 Å². The fourth-order valence-corrected chi connectivity index (χ4v) is 5.27. The molecular weight excluding hydrogens is 505 g/mol. The van der Waals surface area contributed by atoms with Crippen LogP contribution >= 0.6 is 11.3 Å². The van der Waals surface area contributed by atoms with Crippen molar-refractivity contribution in [1.82, 2.24) is 14.9 Å². The summed E-state index contributed by atoms with van der Waals surface area (Å²) < 4.78 is 45.3. The number of rotatable bonds is 5. The molecule has 0 aliphatic carbocycles. The van der Waals surface area contributed by atoms with Gasteiger partial charge in [0, 0.05) is 35.6 Å². The lowest BCUT2D eigenvalue weighted by molar-refractivity contribution is -0.138. The molecule has 0 atom stereocenters. The summed E-state index contributed by atoms with van der Waals surface area (Å²) in [6.45, 7) is 0.621. The van der Waals surface area contributed by atoms with Crippen molar-refractivity contribution in [3.63, 3.8) is 0 Å². The highest BCUT2D eigenvalue weighted by Gasteiger charge is 2.36. The Bertz CT molecular complexity index is 1410. The Balaban J connectivity index is 1.21. The van der Waals surface area contributed by atoms with E-state index in [-0.39, 0.29) is 23.1 Å². The van der Waals surface area contributed by atoms with Crippen molar-refractivity contribution < 1.29 is 27.2 Å². The van der Waals surface area contributed by atoms with Crippen molar-refractivity contribution in [2.75, 3.05) is 18.4 Å². The first-order valence-electron chi connectivity index (χ1n) is 11.5. The maximum absolute atomic E-state index is 13.3. The second kappa shape index (κ2) is 10.2. The molecule has 11 heteroatoms. The van der Waals surface area contributed by atoms with E-state index in [0.29, 0.717) is 37.4 Å². The first kappa shape index (κ1) is 24.7. The molecule has 1 N–H and O–H groups in total. The van der Waals surface area contributed by atoms with Crippen LogP contribution in [0.3, 0.4) is 0 Å². The van der Waals surface area contributed by atoms with Crippen molar-refractivity contribution in [3.05, 3.63) is 88.3 Å². The van der Waals surface area contributed by atoms with Gasteiger partial charge in [0.15, 0.2) is 12.2 Å². The molecule has 0 bridgehead atoms. The number of alkyl halides is 3. The zero-order chi connectivity index (χ0) is 26.0. The molecule has 0 radical (unpaired) electrons. The predicted octanol–water partition coefficient (Wildman–Crippen LogP) is 6.09. The Morgan fingerprint density at radius 1 is 1.08 bits per heavy atom. The standard InChI is InChI=1S/C26H21F3N4O3S/c27-26(28,29)20-7-2-1-6-19(20)25(35)33-10-8-16(9-11-33)24-32-21(14-37-24)23(34)31-18-5-3-4-17(12-18)22-13-30-15-36-22/h1-7,12-16H,8-11H2,(H,31,34). The Hall–Kier alpha value is -3.99. The van der Waals surface area contributed by atoms with Crippen molar-refractivity contribution in [2.24, 2.45) is 0 Å². The maximum Gasteiger partial charge on any atom is 0.417 e. The van der Waals surface area contributed by atoms with E-state index in [0.717, 1.165) is 16.6 Å². The first-order valence-corrected chi connectivity index (χ1v) is 12.4. The minimum absolute atomic E-state index is 0.0169. The molecule has 1 saturated heterocycles. The van der Waals surface area contributed by atoms with Crippen molar-refractivity contribution in [1.29, 1.82) is 0 Å². The number of benzene rings is 2. The number of carbonyl (C=O) groups is 2. The lowest BCUT2D eigenvalue weighted by Crippen LogP contribution is -2.38. The molecule has 4 aromatic rings. The van der Waals surface area contributed by atoms with E-state index in [2.05, 4.69) is 15.3 Å². The van der Waals surface area contributed by atoms with Crippen LogP contribution in [0.15, 0.2) is 70.9 Å². The van der Waals surface area contributed by atoms with Crippen LogP contribution in [0.25, 0.3) is 11.3 Å². The Morgan fingerprint density at radius 3 is 2.59 bits per heavy atom. The SMILES string of the molecule is O=C(Nc1cccc(-c2cnco2)c1)c1csc(C2CCN(C(=O)c3ccccc3C(F)(F)F)CC2)n1. The lowest BCUT2D eigenvalue weighted by Gasteiger charge is -2.31. The summed E-state index contributed by atoms with van der Waals surface area (Å²) in [4.78, 5) is 35.4. The number of halogens is 3. The Labute approximate surface area is 214 Å². The smallest absolute Gasteiger partial charge is 0.417 e. The number of amides is 2. The molecule has 1 aliphatic rings. The zero-order valence-corrected chi connectivity index (χ0v) is 20.2. The molecular formula is C26H21F3N4O3S. The quantitative estimate of drug-likeness (QED) is 0.340. The van der Waals surface area contributed by atoms with E-state index >= 15 is 0 Å². The summed E-state index contributed by atoms with van der Waals surface area (Å²) in [5, 5.41) is 5.28. The fourth-order valence-electron chi connectivity index (χ4n) is 4.30. The number of hydrogen-bond acceptors (Lipinski definition) is 6. The molecule has 37 heavy (non-hydrogen) atoms. The molecule has 7 nitrogen and oxygen atoms in total. The van der Waals surface area contributed by atoms with Gasteiger partial charge in [0.25, 0.3) is 11.8 Å². The average molecular weight is 527 g/mol. The van der Waals surface area contributed by atoms with Crippen LogP contribution in [0.1, 0.15) is 50.2 Å². The number of piperidine rings is 1. The monoisotopic (exact) mass is 526 g/mol. The van der Waals surface area contributed by atoms with Gasteiger partial charge in [-0.15, -0.1) is 11.3 Å². The summed E-state index contributed by atoms with van der Waals surface area (Å²) in [6, 6.07) is 12.0. The number of likely N-dealkylation sites (tertiary alicyclic amines) is 1. The van der Waals surface area contributed by atoms with Gasteiger partial charge in [-0.1, -0.05) is 24.3 Å². The van der Waals surface area contributed by atoms with E-state index in [1.54, 1.807) is 29.8 Å². The molecule has 1 aliphatic heterocycles. The third-order valence-electron chi connectivity index (χ3n) is 6.19. The molecule has 2 amide bonds. The Kier molecular flexibility index (Phi) is 6.79. The summed E-state index contributed by atoms with van der Waals surface area (Å²) in [7, 11) is 0. The summed E-state index contributed by atoms with van der Waals surface area (Å²) in [5.74, 6) is -0.381.